The Balaban J connectivity index is 1.66. The molecule has 4 rings (SSSR count). The second kappa shape index (κ2) is 13.8. The van der Waals surface area contributed by atoms with Crippen LogP contribution in [0.25, 0.3) is 0 Å². The molecule has 0 aliphatic heterocycles. The zero-order chi connectivity index (χ0) is 25.9. The number of carbonyl (C=O) groups is 1. The molecule has 0 saturated carbocycles. The van der Waals surface area contributed by atoms with Gasteiger partial charge in [0.15, 0.2) is 0 Å². The van der Waals surface area contributed by atoms with Crippen LogP contribution in [0.4, 0.5) is 0 Å². The van der Waals surface area contributed by atoms with Crippen molar-refractivity contribution < 1.29 is 9.22 Å². The topological polar surface area (TPSA) is 26.3 Å². The van der Waals surface area contributed by atoms with Crippen molar-refractivity contribution >= 4 is 55.7 Å². The Morgan fingerprint density at radius 3 is 1.78 bits per heavy atom. The number of hydrogen-bond donors (Lipinski definition) is 0. The van der Waals surface area contributed by atoms with Crippen molar-refractivity contribution in [2.75, 3.05) is 0 Å². The Bertz CT molecular complexity index is 1180. The van der Waals surface area contributed by atoms with E-state index in [9.17, 15) is 4.79 Å². The van der Waals surface area contributed by atoms with Crippen LogP contribution in [0, 0.1) is 0 Å². The molecule has 0 bridgehead atoms. The van der Waals surface area contributed by atoms with Crippen molar-refractivity contribution in [2.24, 2.45) is 0 Å². The van der Waals surface area contributed by atoms with E-state index >= 15 is 0 Å². The zero-order valence-electron chi connectivity index (χ0n) is 21.1. The average Bonchev–Trinajstić information content (AvgIpc) is 2.96. The van der Waals surface area contributed by atoms with Gasteiger partial charge in [0.2, 0.25) is 0 Å². The van der Waals surface area contributed by atoms with Crippen LogP contribution in [-0.2, 0) is 9.22 Å². The van der Waals surface area contributed by atoms with Gasteiger partial charge in [-0.05, 0) is 0 Å². The van der Waals surface area contributed by atoms with Gasteiger partial charge < -0.3 is 0 Å². The van der Waals surface area contributed by atoms with Crippen LogP contribution in [0.5, 0.6) is 0 Å². The molecule has 0 N–H and O–H groups in total. The molecular formula is C32H33ClO2SeSi. The van der Waals surface area contributed by atoms with Crippen LogP contribution in [0.3, 0.4) is 0 Å². The van der Waals surface area contributed by atoms with Gasteiger partial charge in [0.05, 0.1) is 0 Å². The van der Waals surface area contributed by atoms with Crippen molar-refractivity contribution in [1.29, 1.82) is 0 Å². The van der Waals surface area contributed by atoms with Crippen LogP contribution in [0.1, 0.15) is 37.1 Å². The monoisotopic (exact) mass is 592 g/mol. The van der Waals surface area contributed by atoms with Crippen molar-refractivity contribution in [3.05, 3.63) is 127 Å². The molecule has 0 fully saturated rings. The van der Waals surface area contributed by atoms with Crippen molar-refractivity contribution in [2.45, 2.75) is 42.4 Å². The van der Waals surface area contributed by atoms with E-state index < -0.39 is 8.32 Å². The summed E-state index contributed by atoms with van der Waals surface area (Å²) in [5.41, 5.74) is 1.04. The molecule has 0 unspecified atom stereocenters. The van der Waals surface area contributed by atoms with Gasteiger partial charge in [-0.25, -0.2) is 0 Å². The number of carbonyl (C=O) groups excluding carboxylic acids is 1. The van der Waals surface area contributed by atoms with E-state index in [0.717, 1.165) is 34.8 Å². The van der Waals surface area contributed by atoms with Crippen LogP contribution >= 0.6 is 11.6 Å². The van der Waals surface area contributed by atoms with E-state index in [-0.39, 0.29) is 31.1 Å². The Labute approximate surface area is 233 Å². The summed E-state index contributed by atoms with van der Waals surface area (Å²) in [5.74, 6) is -0.153. The number of benzene rings is 4. The molecule has 0 spiro atoms. The fraction of sp³-hybridized carbons (Fsp3) is 0.219. The van der Waals surface area contributed by atoms with Gasteiger partial charge in [-0.3, -0.25) is 0 Å². The molecule has 2 nitrogen and oxygen atoms in total. The second-order valence-corrected chi connectivity index (χ2v) is 15.9. The van der Waals surface area contributed by atoms with E-state index in [0.29, 0.717) is 6.42 Å². The molecule has 0 aliphatic rings. The van der Waals surface area contributed by atoms with E-state index in [4.69, 9.17) is 16.0 Å². The van der Waals surface area contributed by atoms with Crippen LogP contribution < -0.4 is 14.8 Å². The number of halogens is 1. The molecule has 0 aromatic heterocycles. The summed E-state index contributed by atoms with van der Waals surface area (Å²) in [5, 5.41) is 2.01. The molecule has 2 atom stereocenters. The molecule has 0 saturated heterocycles. The molecular weight excluding hydrogens is 559 g/mol. The number of unbranched alkanes of at least 4 members (excludes halogenated alkanes) is 1. The molecule has 4 aromatic carbocycles. The third-order valence-corrected chi connectivity index (χ3v) is 14.3. The third-order valence-electron chi connectivity index (χ3n) is 6.49. The first kappa shape index (κ1) is 27.4. The summed E-state index contributed by atoms with van der Waals surface area (Å²) in [6.45, 7) is 2.19. The molecule has 4 aromatic rings. The first-order valence-corrected chi connectivity index (χ1v) is 17.3. The first-order chi connectivity index (χ1) is 18.1. The third kappa shape index (κ3) is 7.24. The van der Waals surface area contributed by atoms with E-state index in [1.54, 1.807) is 0 Å². The maximum absolute atomic E-state index is 13.9. The quantitative estimate of drug-likeness (QED) is 0.143. The van der Waals surface area contributed by atoms with Gasteiger partial charge >= 0.3 is 234 Å². The van der Waals surface area contributed by atoms with Gasteiger partial charge in [-0.2, -0.15) is 0 Å². The number of rotatable bonds is 12. The van der Waals surface area contributed by atoms with Gasteiger partial charge in [-0.1, -0.05) is 0 Å². The predicted molar refractivity (Wildman–Crippen MR) is 159 cm³/mol. The Morgan fingerprint density at radius 1 is 0.784 bits per heavy atom. The molecule has 37 heavy (non-hydrogen) atoms. The van der Waals surface area contributed by atoms with Gasteiger partial charge in [0, 0.05) is 0 Å². The maximum atomic E-state index is 13.9. The van der Waals surface area contributed by atoms with Crippen molar-refractivity contribution in [3.63, 3.8) is 0 Å². The second-order valence-electron chi connectivity index (χ2n) is 9.12. The van der Waals surface area contributed by atoms with Crippen LogP contribution in [-0.4, -0.2) is 29.2 Å². The van der Waals surface area contributed by atoms with E-state index in [2.05, 4.69) is 43.3 Å². The Morgan fingerprint density at radius 2 is 1.27 bits per heavy atom. The normalized spacial score (nSPS) is 13.0. The van der Waals surface area contributed by atoms with Crippen molar-refractivity contribution in [1.82, 2.24) is 0 Å². The molecule has 190 valence electrons. The molecule has 0 heterocycles. The summed E-state index contributed by atoms with van der Waals surface area (Å²) in [4.78, 5) is 13.8. The fourth-order valence-corrected chi connectivity index (χ4v) is 11.6. The average molecular weight is 592 g/mol. The molecule has 0 amide bonds. The van der Waals surface area contributed by atoms with Gasteiger partial charge in [0.1, 0.15) is 0 Å². The van der Waals surface area contributed by atoms with Gasteiger partial charge in [-0.15, -0.1) is 0 Å². The first-order valence-electron chi connectivity index (χ1n) is 12.9. The summed E-state index contributed by atoms with van der Waals surface area (Å²) < 4.78 is 7.95. The summed E-state index contributed by atoms with van der Waals surface area (Å²) in [6, 6.07) is 42.1. The molecule has 5 heteroatoms. The minimum absolute atomic E-state index is 0.00959. The number of hydrogen-bond acceptors (Lipinski definition) is 2. The Kier molecular flexibility index (Phi) is 10.2. The summed E-state index contributed by atoms with van der Waals surface area (Å²) in [7, 11) is -2.79. The van der Waals surface area contributed by atoms with E-state index in [1.165, 1.54) is 4.46 Å². The summed E-state index contributed by atoms with van der Waals surface area (Å²) in [6.07, 6.45) is 2.34. The fourth-order valence-electron chi connectivity index (χ4n) is 4.60. The Hall–Kier alpha value is -2.62. The molecule has 0 radical (unpaired) electrons. The molecule has 0 aliphatic carbocycles. The van der Waals surface area contributed by atoms with E-state index in [1.807, 2.05) is 84.9 Å². The van der Waals surface area contributed by atoms with Gasteiger partial charge in [0.25, 0.3) is 0 Å². The van der Waals surface area contributed by atoms with Crippen LogP contribution in [0.2, 0.25) is 10.9 Å². The number of alkyl halides is 1. The zero-order valence-corrected chi connectivity index (χ0v) is 24.6. The predicted octanol–water partition coefficient (Wildman–Crippen LogP) is 6.28. The van der Waals surface area contributed by atoms with Crippen LogP contribution in [0.15, 0.2) is 121 Å². The summed E-state index contributed by atoms with van der Waals surface area (Å²) >= 11 is 7.08. The minimum atomic E-state index is -2.79. The SMILES string of the molecule is CCCC[Si](OC(=O)C[C@@H]([Se]c1ccccc1)[C@@H](Cl)c1ccccc1)(c1ccccc1)c1ccccc1. The van der Waals surface area contributed by atoms with Crippen molar-refractivity contribution in [3.8, 4) is 0 Å². The standard InChI is InChI=1S/C32H33ClO2SeSi/c1-2-3-24-37(28-20-12-6-13-21-28,29-22-14-7-15-23-29)35-31(34)25-30(36-27-18-10-5-11-19-27)32(33)26-16-8-4-9-17-26/h4-23,30,32H,2-3,24-25H2,1H3/t30-,32+/m1/s1.